The average Bonchev–Trinajstić information content (AvgIpc) is 2.98. The number of sulfone groups is 1. The van der Waals surface area contributed by atoms with Gasteiger partial charge in [-0.2, -0.15) is 11.8 Å². The van der Waals surface area contributed by atoms with Gasteiger partial charge in [0.2, 0.25) is 0 Å². The number of fused-ring (bicyclic) bond motifs is 1. The van der Waals surface area contributed by atoms with E-state index in [9.17, 15) is 23.1 Å². The summed E-state index contributed by atoms with van der Waals surface area (Å²) in [5, 5.41) is 12.2. The minimum absolute atomic E-state index is 0.0757. The van der Waals surface area contributed by atoms with Crippen LogP contribution in [0.25, 0.3) is 11.1 Å². The fourth-order valence-electron chi connectivity index (χ4n) is 5.42. The molecule has 7 nitrogen and oxygen atoms in total. The van der Waals surface area contributed by atoms with Crippen LogP contribution in [0.4, 0.5) is 0 Å². The van der Waals surface area contributed by atoms with Crippen molar-refractivity contribution in [3.63, 3.8) is 0 Å². The van der Waals surface area contributed by atoms with Crippen LogP contribution in [0.3, 0.4) is 0 Å². The number of aryl methyl sites for hydroxylation is 3. The second-order valence-corrected chi connectivity index (χ2v) is 14.8. The normalized spacial score (nSPS) is 14.5. The molecule has 0 aliphatic heterocycles. The van der Waals surface area contributed by atoms with Gasteiger partial charge < -0.3 is 15.2 Å². The number of ether oxygens (including phenoxy) is 1. The van der Waals surface area contributed by atoms with Crippen molar-refractivity contribution in [1.82, 2.24) is 5.32 Å². The molecule has 0 saturated heterocycles. The van der Waals surface area contributed by atoms with Crippen LogP contribution in [0.2, 0.25) is 0 Å². The van der Waals surface area contributed by atoms with E-state index in [0.29, 0.717) is 17.7 Å². The molecule has 0 spiro atoms. The van der Waals surface area contributed by atoms with Crippen LogP contribution < -0.4 is 5.32 Å². The van der Waals surface area contributed by atoms with Crippen molar-refractivity contribution >= 4 is 33.5 Å². The predicted molar refractivity (Wildman–Crippen MR) is 173 cm³/mol. The Morgan fingerprint density at radius 3 is 2.44 bits per heavy atom. The first kappa shape index (κ1) is 32.8. The summed E-state index contributed by atoms with van der Waals surface area (Å²) in [6, 6.07) is 18.6. The molecule has 3 aromatic carbocycles. The van der Waals surface area contributed by atoms with Gasteiger partial charge in [0.15, 0.2) is 0 Å². The van der Waals surface area contributed by atoms with E-state index in [0.717, 1.165) is 47.3 Å². The van der Waals surface area contributed by atoms with Crippen LogP contribution in [0, 0.1) is 6.92 Å². The number of benzene rings is 3. The number of hydrogen-bond acceptors (Lipinski definition) is 6. The van der Waals surface area contributed by atoms with Crippen molar-refractivity contribution in [3.8, 4) is 11.1 Å². The fraction of sp³-hybridized carbons (Fsp3) is 0.412. The third kappa shape index (κ3) is 9.17. The largest absolute Gasteiger partial charge is 0.480 e. The Morgan fingerprint density at radius 2 is 1.74 bits per heavy atom. The van der Waals surface area contributed by atoms with Crippen molar-refractivity contribution in [2.24, 2.45) is 0 Å². The van der Waals surface area contributed by atoms with Gasteiger partial charge in [0.25, 0.3) is 5.91 Å². The molecular formula is C34H41NO6S2. The van der Waals surface area contributed by atoms with E-state index < -0.39 is 27.8 Å². The van der Waals surface area contributed by atoms with Crippen LogP contribution in [0.15, 0.2) is 60.7 Å². The van der Waals surface area contributed by atoms with Gasteiger partial charge in [-0.3, -0.25) is 4.79 Å². The summed E-state index contributed by atoms with van der Waals surface area (Å²) in [6.07, 6.45) is 5.46. The Kier molecular flexibility index (Phi) is 11.5. The summed E-state index contributed by atoms with van der Waals surface area (Å²) in [4.78, 5) is 25.3. The molecular weight excluding hydrogens is 583 g/mol. The lowest BCUT2D eigenvalue weighted by Gasteiger charge is -2.22. The van der Waals surface area contributed by atoms with E-state index in [-0.39, 0.29) is 18.3 Å². The minimum Gasteiger partial charge on any atom is -0.480 e. The lowest BCUT2D eigenvalue weighted by Crippen LogP contribution is -2.42. The van der Waals surface area contributed by atoms with Gasteiger partial charge in [-0.15, -0.1) is 0 Å². The molecule has 1 aliphatic rings. The first-order valence-corrected chi connectivity index (χ1v) is 18.0. The fourth-order valence-corrected chi connectivity index (χ4v) is 6.82. The van der Waals surface area contributed by atoms with Gasteiger partial charge in [-0.05, 0) is 95.9 Å². The van der Waals surface area contributed by atoms with E-state index in [1.165, 1.54) is 29.5 Å². The molecule has 43 heavy (non-hydrogen) atoms. The SMILES string of the molecule is CCSCC(OCc1ccc(C(=O)NC(CCS(C)(=O)=O)C(=O)O)c(-c2ccccc2C)c1)c1ccc2c(c1)CCCC2. The van der Waals surface area contributed by atoms with E-state index in [1.807, 2.05) is 55.1 Å². The summed E-state index contributed by atoms with van der Waals surface area (Å²) in [7, 11) is -3.39. The van der Waals surface area contributed by atoms with Crippen molar-refractivity contribution in [2.45, 2.75) is 64.7 Å². The molecule has 0 heterocycles. The van der Waals surface area contributed by atoms with E-state index in [4.69, 9.17) is 4.74 Å². The number of carbonyl (C=O) groups excluding carboxylic acids is 1. The molecule has 3 aromatic rings. The predicted octanol–water partition coefficient (Wildman–Crippen LogP) is 6.17. The van der Waals surface area contributed by atoms with Gasteiger partial charge in [-0.25, -0.2) is 13.2 Å². The number of carboxylic acid groups (broad SMARTS) is 1. The number of carbonyl (C=O) groups is 2. The molecule has 4 rings (SSSR count). The maximum absolute atomic E-state index is 13.4. The van der Waals surface area contributed by atoms with Gasteiger partial charge in [0.1, 0.15) is 15.9 Å². The average molecular weight is 624 g/mol. The van der Waals surface area contributed by atoms with Crippen LogP contribution in [-0.4, -0.2) is 55.0 Å². The third-order valence-electron chi connectivity index (χ3n) is 7.81. The summed E-state index contributed by atoms with van der Waals surface area (Å²) >= 11 is 1.84. The zero-order chi connectivity index (χ0) is 31.0. The van der Waals surface area contributed by atoms with E-state index >= 15 is 0 Å². The second-order valence-electron chi connectivity index (χ2n) is 11.2. The molecule has 0 saturated carbocycles. The molecule has 0 radical (unpaired) electrons. The summed E-state index contributed by atoms with van der Waals surface area (Å²) in [6.45, 7) is 4.45. The van der Waals surface area contributed by atoms with Crippen LogP contribution in [-0.2, 0) is 38.8 Å². The van der Waals surface area contributed by atoms with E-state index in [1.54, 1.807) is 6.07 Å². The molecule has 0 fully saturated rings. The van der Waals surface area contributed by atoms with Gasteiger partial charge >= 0.3 is 5.97 Å². The number of rotatable bonds is 14. The first-order valence-electron chi connectivity index (χ1n) is 14.8. The quantitative estimate of drug-likeness (QED) is 0.221. The molecule has 2 N–H and O–H groups in total. The van der Waals surface area contributed by atoms with Crippen LogP contribution in [0.5, 0.6) is 0 Å². The Morgan fingerprint density at radius 1 is 1.00 bits per heavy atom. The minimum atomic E-state index is -3.39. The lowest BCUT2D eigenvalue weighted by molar-refractivity contribution is -0.139. The molecule has 1 aliphatic carbocycles. The van der Waals surface area contributed by atoms with Crippen molar-refractivity contribution in [2.75, 3.05) is 23.5 Å². The first-order chi connectivity index (χ1) is 20.6. The van der Waals surface area contributed by atoms with Crippen molar-refractivity contribution in [3.05, 3.63) is 94.0 Å². The Hall–Kier alpha value is -3.14. The molecule has 2 atom stereocenters. The monoisotopic (exact) mass is 623 g/mol. The number of carboxylic acids is 1. The van der Waals surface area contributed by atoms with Gasteiger partial charge in [0, 0.05) is 17.6 Å². The number of hydrogen-bond donors (Lipinski definition) is 2. The third-order valence-corrected chi connectivity index (χ3v) is 9.74. The standard InChI is InChI=1S/C34H41NO6S2/c1-4-42-22-32(27-15-14-25-10-6-7-11-26(25)20-27)41-21-24-13-16-29(30(19-24)28-12-8-5-9-23(28)2)33(36)35-31(34(37)38)17-18-43(3,39)40/h5,8-9,12-16,19-20,31-32H,4,6-7,10-11,17-18,21-22H2,1-3H3,(H,35,36)(H,37,38). The highest BCUT2D eigenvalue weighted by Gasteiger charge is 2.25. The lowest BCUT2D eigenvalue weighted by atomic mass is 9.89. The molecule has 2 unspecified atom stereocenters. The summed E-state index contributed by atoms with van der Waals surface area (Å²) < 4.78 is 29.8. The summed E-state index contributed by atoms with van der Waals surface area (Å²) in [5.41, 5.74) is 7.74. The van der Waals surface area contributed by atoms with Gasteiger partial charge in [-0.1, -0.05) is 55.5 Å². The molecule has 230 valence electrons. The number of nitrogens with one attached hydrogen (secondary N) is 1. The van der Waals surface area contributed by atoms with Gasteiger partial charge in [0.05, 0.1) is 18.5 Å². The Labute approximate surface area is 259 Å². The summed E-state index contributed by atoms with van der Waals surface area (Å²) in [5.74, 6) is -0.360. The topological polar surface area (TPSA) is 110 Å². The highest BCUT2D eigenvalue weighted by Crippen LogP contribution is 2.31. The number of aliphatic carboxylic acids is 1. The molecule has 1 amide bonds. The highest BCUT2D eigenvalue weighted by molar-refractivity contribution is 7.99. The second kappa shape index (κ2) is 15.0. The zero-order valence-corrected chi connectivity index (χ0v) is 26.7. The van der Waals surface area contributed by atoms with Crippen LogP contribution >= 0.6 is 11.8 Å². The zero-order valence-electron chi connectivity index (χ0n) is 25.1. The molecule has 0 aromatic heterocycles. The maximum Gasteiger partial charge on any atom is 0.326 e. The number of amides is 1. The molecule has 9 heteroatoms. The van der Waals surface area contributed by atoms with E-state index in [2.05, 4.69) is 30.4 Å². The Bertz CT molecular complexity index is 1550. The van der Waals surface area contributed by atoms with Crippen molar-refractivity contribution < 1.29 is 27.9 Å². The smallest absolute Gasteiger partial charge is 0.326 e. The Balaban J connectivity index is 1.60. The molecule has 0 bridgehead atoms. The van der Waals surface area contributed by atoms with Crippen LogP contribution in [0.1, 0.15) is 70.5 Å². The van der Waals surface area contributed by atoms with Crippen molar-refractivity contribution in [1.29, 1.82) is 0 Å². The number of thioether (sulfide) groups is 1. The highest BCUT2D eigenvalue weighted by atomic mass is 32.2. The maximum atomic E-state index is 13.4.